The summed E-state index contributed by atoms with van der Waals surface area (Å²) in [6.45, 7) is 3.76. The van der Waals surface area contributed by atoms with Crippen molar-refractivity contribution < 1.29 is 4.74 Å². The first-order valence-corrected chi connectivity index (χ1v) is 6.94. The van der Waals surface area contributed by atoms with Crippen LogP contribution in [-0.4, -0.2) is 41.4 Å². The van der Waals surface area contributed by atoms with E-state index in [1.54, 1.807) is 12.3 Å². The summed E-state index contributed by atoms with van der Waals surface area (Å²) in [6, 6.07) is 3.68. The molecular formula is C13H14ClN5O2. The second-order valence-electron chi connectivity index (χ2n) is 4.57. The zero-order valence-electron chi connectivity index (χ0n) is 11.2. The molecule has 0 radical (unpaired) electrons. The Morgan fingerprint density at radius 2 is 2.05 bits per heavy atom. The Balaban J connectivity index is 1.75. The number of hydrogen-bond donors (Lipinski definition) is 2. The van der Waals surface area contributed by atoms with E-state index >= 15 is 0 Å². The lowest BCUT2D eigenvalue weighted by molar-refractivity contribution is 0.475. The Morgan fingerprint density at radius 1 is 1.24 bits per heavy atom. The monoisotopic (exact) mass is 307 g/mol. The van der Waals surface area contributed by atoms with Crippen LogP contribution in [0.4, 0.5) is 5.82 Å². The van der Waals surface area contributed by atoms with Crippen molar-refractivity contribution in [3.8, 4) is 11.5 Å². The molecule has 3 rings (SSSR count). The molecule has 2 aromatic rings. The number of pyridine rings is 1. The highest BCUT2D eigenvalue weighted by atomic mass is 35.5. The smallest absolute Gasteiger partial charge is 0.286 e. The first-order chi connectivity index (χ1) is 10.2. The number of anilines is 1. The van der Waals surface area contributed by atoms with Gasteiger partial charge in [-0.15, -0.1) is 0 Å². The lowest BCUT2D eigenvalue weighted by Crippen LogP contribution is -2.43. The third-order valence-corrected chi connectivity index (χ3v) is 3.51. The van der Waals surface area contributed by atoms with Crippen LogP contribution in [0.15, 0.2) is 29.3 Å². The average molecular weight is 308 g/mol. The van der Waals surface area contributed by atoms with Gasteiger partial charge in [-0.1, -0.05) is 11.6 Å². The van der Waals surface area contributed by atoms with Crippen molar-refractivity contribution in [3.63, 3.8) is 0 Å². The number of nitrogens with one attached hydrogen (secondary N) is 2. The predicted octanol–water partition coefficient (Wildman–Crippen LogP) is 1.02. The van der Waals surface area contributed by atoms with Gasteiger partial charge in [0, 0.05) is 26.2 Å². The van der Waals surface area contributed by atoms with Crippen molar-refractivity contribution in [1.82, 2.24) is 20.5 Å². The number of hydrogen-bond acceptors (Lipinski definition) is 6. The highest BCUT2D eigenvalue weighted by Gasteiger charge is 2.12. The van der Waals surface area contributed by atoms with Gasteiger partial charge in [0.1, 0.15) is 11.6 Å². The summed E-state index contributed by atoms with van der Waals surface area (Å²) in [5.74, 6) is 1.61. The van der Waals surface area contributed by atoms with Gasteiger partial charge in [0.05, 0.1) is 12.4 Å². The fraction of sp³-hybridized carbons (Fsp3) is 0.308. The molecule has 1 aliphatic heterocycles. The van der Waals surface area contributed by atoms with Gasteiger partial charge in [-0.3, -0.25) is 4.79 Å². The van der Waals surface area contributed by atoms with Crippen molar-refractivity contribution in [2.24, 2.45) is 0 Å². The van der Waals surface area contributed by atoms with E-state index < -0.39 is 5.56 Å². The molecule has 0 unspecified atom stereocenters. The van der Waals surface area contributed by atoms with Gasteiger partial charge in [-0.25, -0.2) is 10.1 Å². The fourth-order valence-corrected chi connectivity index (χ4v) is 2.21. The van der Waals surface area contributed by atoms with Gasteiger partial charge < -0.3 is 15.0 Å². The number of aromatic nitrogens is 3. The highest BCUT2D eigenvalue weighted by Crippen LogP contribution is 2.25. The number of ether oxygens (including phenoxy) is 1. The van der Waals surface area contributed by atoms with Gasteiger partial charge in [-0.05, 0) is 12.1 Å². The largest absolute Gasteiger partial charge is 0.452 e. The Labute approximate surface area is 125 Å². The molecule has 8 heteroatoms. The van der Waals surface area contributed by atoms with Gasteiger partial charge in [-0.2, -0.15) is 5.10 Å². The second kappa shape index (κ2) is 6.11. The summed E-state index contributed by atoms with van der Waals surface area (Å²) < 4.78 is 5.52. The van der Waals surface area contributed by atoms with Crippen LogP contribution in [0.25, 0.3) is 0 Å². The molecule has 0 bridgehead atoms. The molecule has 0 amide bonds. The standard InChI is InChI=1S/C13H14ClN5O2/c14-12-10(8-17-18-13(12)20)21-9-1-2-11(16-7-9)19-5-3-15-4-6-19/h1-2,7-8,15H,3-6H2,(H,18,20). The maximum absolute atomic E-state index is 11.3. The summed E-state index contributed by atoms with van der Waals surface area (Å²) in [6.07, 6.45) is 2.96. The van der Waals surface area contributed by atoms with Crippen LogP contribution in [0.3, 0.4) is 0 Å². The molecule has 110 valence electrons. The zero-order chi connectivity index (χ0) is 14.7. The molecular weight excluding hydrogens is 294 g/mol. The number of H-pyrrole nitrogens is 1. The molecule has 2 aromatic heterocycles. The van der Waals surface area contributed by atoms with Crippen LogP contribution in [0.1, 0.15) is 0 Å². The lowest BCUT2D eigenvalue weighted by atomic mass is 10.3. The minimum Gasteiger partial charge on any atom is -0.452 e. The van der Waals surface area contributed by atoms with Crippen LogP contribution in [0.2, 0.25) is 5.02 Å². The third kappa shape index (κ3) is 3.14. The Bertz CT molecular complexity index is 667. The minimum atomic E-state index is -0.487. The highest BCUT2D eigenvalue weighted by molar-refractivity contribution is 6.31. The Morgan fingerprint density at radius 3 is 2.76 bits per heavy atom. The van der Waals surface area contributed by atoms with E-state index in [2.05, 4.69) is 25.4 Å². The van der Waals surface area contributed by atoms with Crippen molar-refractivity contribution >= 4 is 17.4 Å². The Kier molecular flexibility index (Phi) is 4.03. The first kappa shape index (κ1) is 13.8. The molecule has 0 atom stereocenters. The molecule has 0 saturated carbocycles. The van der Waals surface area contributed by atoms with Crippen molar-refractivity contribution in [2.75, 3.05) is 31.1 Å². The van der Waals surface area contributed by atoms with E-state index in [9.17, 15) is 4.79 Å². The molecule has 7 nitrogen and oxygen atoms in total. The summed E-state index contributed by atoms with van der Waals surface area (Å²) in [4.78, 5) is 17.9. The van der Waals surface area contributed by atoms with Crippen molar-refractivity contribution in [2.45, 2.75) is 0 Å². The average Bonchev–Trinajstić information content (AvgIpc) is 2.53. The topological polar surface area (TPSA) is 83.1 Å². The number of halogens is 1. The van der Waals surface area contributed by atoms with Gasteiger partial charge in [0.2, 0.25) is 0 Å². The van der Waals surface area contributed by atoms with E-state index in [1.807, 2.05) is 6.07 Å². The van der Waals surface area contributed by atoms with Crippen LogP contribution in [0.5, 0.6) is 11.5 Å². The quantitative estimate of drug-likeness (QED) is 0.881. The summed E-state index contributed by atoms with van der Waals surface area (Å²) >= 11 is 5.85. The molecule has 21 heavy (non-hydrogen) atoms. The molecule has 0 spiro atoms. The molecule has 1 saturated heterocycles. The van der Waals surface area contributed by atoms with Crippen molar-refractivity contribution in [1.29, 1.82) is 0 Å². The van der Waals surface area contributed by atoms with Crippen molar-refractivity contribution in [3.05, 3.63) is 39.9 Å². The van der Waals surface area contributed by atoms with E-state index in [1.165, 1.54) is 6.20 Å². The molecule has 1 fully saturated rings. The van der Waals surface area contributed by atoms with Crippen LogP contribution < -0.4 is 20.5 Å². The van der Waals surface area contributed by atoms with Crippen LogP contribution >= 0.6 is 11.6 Å². The zero-order valence-corrected chi connectivity index (χ0v) is 11.9. The number of piperazine rings is 1. The number of aromatic amines is 1. The summed E-state index contributed by atoms with van der Waals surface area (Å²) in [7, 11) is 0. The predicted molar refractivity (Wildman–Crippen MR) is 79.3 cm³/mol. The molecule has 0 aromatic carbocycles. The van der Waals surface area contributed by atoms with E-state index in [4.69, 9.17) is 16.3 Å². The summed E-state index contributed by atoms with van der Waals surface area (Å²) in [5.41, 5.74) is -0.487. The maximum atomic E-state index is 11.3. The number of nitrogens with zero attached hydrogens (tertiary/aromatic N) is 3. The molecule has 0 aliphatic carbocycles. The van der Waals surface area contributed by atoms with Crippen LogP contribution in [-0.2, 0) is 0 Å². The van der Waals surface area contributed by atoms with Gasteiger partial charge >= 0.3 is 0 Å². The first-order valence-electron chi connectivity index (χ1n) is 6.57. The maximum Gasteiger partial charge on any atom is 0.286 e. The summed E-state index contributed by atoms with van der Waals surface area (Å²) in [5, 5.41) is 9.14. The van der Waals surface area contributed by atoms with Gasteiger partial charge in [0.15, 0.2) is 10.8 Å². The SMILES string of the molecule is O=c1[nH]ncc(Oc2ccc(N3CCNCC3)nc2)c1Cl. The van der Waals surface area contributed by atoms with E-state index in [-0.39, 0.29) is 10.8 Å². The van der Waals surface area contributed by atoms with Crippen LogP contribution in [0, 0.1) is 0 Å². The second-order valence-corrected chi connectivity index (χ2v) is 4.95. The fourth-order valence-electron chi connectivity index (χ4n) is 2.08. The number of rotatable bonds is 3. The third-order valence-electron chi connectivity index (χ3n) is 3.15. The molecule has 3 heterocycles. The van der Waals surface area contributed by atoms with E-state index in [0.29, 0.717) is 5.75 Å². The minimum absolute atomic E-state index is 0.0313. The normalized spacial score (nSPS) is 15.0. The Hall–Kier alpha value is -2.12. The molecule has 2 N–H and O–H groups in total. The van der Waals surface area contributed by atoms with Gasteiger partial charge in [0.25, 0.3) is 5.56 Å². The van der Waals surface area contributed by atoms with E-state index in [0.717, 1.165) is 32.0 Å². The molecule has 1 aliphatic rings. The lowest BCUT2D eigenvalue weighted by Gasteiger charge is -2.28.